The van der Waals surface area contributed by atoms with Crippen LogP contribution in [0.4, 0.5) is 16.2 Å². The zero-order valence-electron chi connectivity index (χ0n) is 15.4. The minimum atomic E-state index is -0.361. The minimum Gasteiger partial charge on any atom is -0.362 e. The van der Waals surface area contributed by atoms with E-state index in [0.29, 0.717) is 38.4 Å². The number of piperazine rings is 1. The van der Waals surface area contributed by atoms with Gasteiger partial charge in [-0.1, -0.05) is 42.0 Å². The Morgan fingerprint density at radius 3 is 2.56 bits per heavy atom. The Bertz CT molecular complexity index is 816. The molecule has 27 heavy (non-hydrogen) atoms. The maximum atomic E-state index is 12.4. The van der Waals surface area contributed by atoms with Crippen molar-refractivity contribution in [1.29, 1.82) is 0 Å². The maximum Gasteiger partial charge on any atom is 0.317 e. The number of para-hydroxylation sites is 2. The summed E-state index contributed by atoms with van der Waals surface area (Å²) in [6.45, 7) is 4.89. The molecule has 0 saturated carbocycles. The van der Waals surface area contributed by atoms with Crippen LogP contribution in [0.15, 0.2) is 48.5 Å². The number of hydrogen-bond donors (Lipinski definition) is 1. The summed E-state index contributed by atoms with van der Waals surface area (Å²) in [5.41, 5.74) is 3.14. The number of hydrogen-bond acceptors (Lipinski definition) is 4. The second kappa shape index (κ2) is 8.53. The number of rotatable bonds is 5. The van der Waals surface area contributed by atoms with Gasteiger partial charge in [-0.2, -0.15) is 0 Å². The van der Waals surface area contributed by atoms with Gasteiger partial charge < -0.3 is 15.1 Å². The number of urea groups is 1. The van der Waals surface area contributed by atoms with E-state index in [1.54, 1.807) is 23.1 Å². The van der Waals surface area contributed by atoms with Crippen LogP contribution < -0.4 is 10.2 Å². The number of nitrogens with one attached hydrogen (secondary N) is 1. The Labute approximate surface area is 158 Å². The molecule has 1 fully saturated rings. The second-order valence-electron chi connectivity index (χ2n) is 6.69. The second-order valence-corrected chi connectivity index (χ2v) is 6.69. The van der Waals surface area contributed by atoms with Crippen LogP contribution in [0, 0.1) is 17.0 Å². The molecule has 1 saturated heterocycles. The summed E-state index contributed by atoms with van der Waals surface area (Å²) in [5.74, 6) is 0. The molecule has 7 nitrogen and oxygen atoms in total. The third-order valence-electron chi connectivity index (χ3n) is 4.76. The van der Waals surface area contributed by atoms with E-state index in [0.717, 1.165) is 6.42 Å². The molecule has 1 aliphatic heterocycles. The van der Waals surface area contributed by atoms with Crippen LogP contribution in [0.2, 0.25) is 0 Å². The lowest BCUT2D eigenvalue weighted by atomic mass is 10.1. The molecule has 0 spiro atoms. The minimum absolute atomic E-state index is 0.0788. The zero-order valence-corrected chi connectivity index (χ0v) is 15.4. The Kier molecular flexibility index (Phi) is 5.90. The number of anilines is 1. The van der Waals surface area contributed by atoms with E-state index in [1.807, 2.05) is 11.0 Å². The number of carbonyl (C=O) groups excluding carboxylic acids is 1. The first-order valence-electron chi connectivity index (χ1n) is 9.11. The van der Waals surface area contributed by atoms with Gasteiger partial charge in [0.25, 0.3) is 5.69 Å². The van der Waals surface area contributed by atoms with E-state index in [9.17, 15) is 14.9 Å². The van der Waals surface area contributed by atoms with Crippen molar-refractivity contribution < 1.29 is 9.72 Å². The van der Waals surface area contributed by atoms with Gasteiger partial charge in [-0.15, -0.1) is 0 Å². The Balaban J connectivity index is 1.49. The molecule has 0 radical (unpaired) electrons. The molecule has 0 aromatic heterocycles. The first-order chi connectivity index (χ1) is 13.0. The van der Waals surface area contributed by atoms with Crippen LogP contribution in [0.1, 0.15) is 11.1 Å². The molecule has 142 valence electrons. The van der Waals surface area contributed by atoms with E-state index in [1.165, 1.54) is 17.2 Å². The highest BCUT2D eigenvalue weighted by molar-refractivity contribution is 5.74. The fourth-order valence-electron chi connectivity index (χ4n) is 3.33. The number of nitro groups is 1. The molecular formula is C20H24N4O3. The summed E-state index contributed by atoms with van der Waals surface area (Å²) in [6.07, 6.45) is 0.795. The molecule has 1 heterocycles. The molecule has 0 bridgehead atoms. The van der Waals surface area contributed by atoms with Crippen molar-refractivity contribution in [3.63, 3.8) is 0 Å². The molecule has 0 aliphatic carbocycles. The lowest BCUT2D eigenvalue weighted by Gasteiger charge is -2.35. The van der Waals surface area contributed by atoms with E-state index < -0.39 is 0 Å². The van der Waals surface area contributed by atoms with Crippen molar-refractivity contribution in [2.75, 3.05) is 37.6 Å². The fraction of sp³-hybridized carbons (Fsp3) is 0.350. The van der Waals surface area contributed by atoms with E-state index in [-0.39, 0.29) is 16.6 Å². The van der Waals surface area contributed by atoms with Crippen molar-refractivity contribution in [2.45, 2.75) is 13.3 Å². The van der Waals surface area contributed by atoms with Gasteiger partial charge >= 0.3 is 6.03 Å². The summed E-state index contributed by atoms with van der Waals surface area (Å²) in [7, 11) is 0. The molecular weight excluding hydrogens is 344 g/mol. The monoisotopic (exact) mass is 368 g/mol. The largest absolute Gasteiger partial charge is 0.362 e. The number of carbonyl (C=O) groups is 1. The van der Waals surface area contributed by atoms with Crippen LogP contribution in [-0.4, -0.2) is 48.6 Å². The van der Waals surface area contributed by atoms with E-state index in [2.05, 4.69) is 30.4 Å². The fourth-order valence-corrected chi connectivity index (χ4v) is 3.33. The molecule has 1 aliphatic rings. The smallest absolute Gasteiger partial charge is 0.317 e. The van der Waals surface area contributed by atoms with Gasteiger partial charge in [-0.3, -0.25) is 10.1 Å². The standard InChI is InChI=1S/C20H24N4O3/c1-16-5-4-6-17(15-16)9-10-21-20(25)23-13-11-22(12-14-23)18-7-2-3-8-19(18)24(26)27/h2-8,15H,9-14H2,1H3,(H,21,25). The predicted molar refractivity (Wildman–Crippen MR) is 105 cm³/mol. The summed E-state index contributed by atoms with van der Waals surface area (Å²) in [4.78, 5) is 26.9. The number of aryl methyl sites for hydroxylation is 1. The molecule has 0 atom stereocenters. The highest BCUT2D eigenvalue weighted by atomic mass is 16.6. The molecule has 2 amide bonds. The van der Waals surface area contributed by atoms with Gasteiger partial charge in [0, 0.05) is 38.8 Å². The number of nitro benzene ring substituents is 1. The van der Waals surface area contributed by atoms with Crippen molar-refractivity contribution >= 4 is 17.4 Å². The van der Waals surface area contributed by atoms with Gasteiger partial charge in [-0.25, -0.2) is 4.79 Å². The number of nitrogens with zero attached hydrogens (tertiary/aromatic N) is 3. The Hall–Kier alpha value is -3.09. The average molecular weight is 368 g/mol. The van der Waals surface area contributed by atoms with Crippen LogP contribution in [-0.2, 0) is 6.42 Å². The van der Waals surface area contributed by atoms with E-state index in [4.69, 9.17) is 0 Å². The summed E-state index contributed by atoms with van der Waals surface area (Å²) in [5, 5.41) is 14.2. The number of benzene rings is 2. The molecule has 1 N–H and O–H groups in total. The Morgan fingerprint density at radius 2 is 1.85 bits per heavy atom. The van der Waals surface area contributed by atoms with Gasteiger partial charge in [-0.05, 0) is 25.0 Å². The first kappa shape index (κ1) is 18.7. The van der Waals surface area contributed by atoms with Crippen LogP contribution in [0.3, 0.4) is 0 Å². The van der Waals surface area contributed by atoms with E-state index >= 15 is 0 Å². The third-order valence-corrected chi connectivity index (χ3v) is 4.76. The van der Waals surface area contributed by atoms with Gasteiger partial charge in [0.2, 0.25) is 0 Å². The number of amides is 2. The highest BCUT2D eigenvalue weighted by Gasteiger charge is 2.25. The maximum absolute atomic E-state index is 12.4. The van der Waals surface area contributed by atoms with Crippen molar-refractivity contribution in [1.82, 2.24) is 10.2 Å². The highest BCUT2D eigenvalue weighted by Crippen LogP contribution is 2.28. The third kappa shape index (κ3) is 4.75. The quantitative estimate of drug-likeness (QED) is 0.650. The lowest BCUT2D eigenvalue weighted by molar-refractivity contribution is -0.384. The van der Waals surface area contributed by atoms with Crippen molar-refractivity contribution in [3.05, 3.63) is 69.8 Å². The average Bonchev–Trinajstić information content (AvgIpc) is 2.68. The lowest BCUT2D eigenvalue weighted by Crippen LogP contribution is -2.52. The predicted octanol–water partition coefficient (Wildman–Crippen LogP) is 2.98. The van der Waals surface area contributed by atoms with Gasteiger partial charge in [0.15, 0.2) is 0 Å². The summed E-state index contributed by atoms with van der Waals surface area (Å²) < 4.78 is 0. The topological polar surface area (TPSA) is 78.7 Å². The van der Waals surface area contributed by atoms with Gasteiger partial charge in [0.05, 0.1) is 4.92 Å². The molecule has 7 heteroatoms. The molecule has 0 unspecified atom stereocenters. The summed E-state index contributed by atoms with van der Waals surface area (Å²) in [6, 6.07) is 14.9. The zero-order chi connectivity index (χ0) is 19.2. The molecule has 3 rings (SSSR count). The molecule has 2 aromatic rings. The summed E-state index contributed by atoms with van der Waals surface area (Å²) >= 11 is 0. The van der Waals surface area contributed by atoms with Crippen LogP contribution in [0.25, 0.3) is 0 Å². The van der Waals surface area contributed by atoms with Crippen LogP contribution in [0.5, 0.6) is 0 Å². The van der Waals surface area contributed by atoms with Gasteiger partial charge in [0.1, 0.15) is 5.69 Å². The molecule has 2 aromatic carbocycles. The van der Waals surface area contributed by atoms with Crippen LogP contribution >= 0.6 is 0 Å². The Morgan fingerprint density at radius 1 is 1.11 bits per heavy atom. The SMILES string of the molecule is Cc1cccc(CCNC(=O)N2CCN(c3ccccc3[N+](=O)[O-])CC2)c1. The first-order valence-corrected chi connectivity index (χ1v) is 9.11. The normalized spacial score (nSPS) is 14.1. The van der Waals surface area contributed by atoms with Crippen molar-refractivity contribution in [3.8, 4) is 0 Å². The van der Waals surface area contributed by atoms with Crippen molar-refractivity contribution in [2.24, 2.45) is 0 Å².